The van der Waals surface area contributed by atoms with Crippen molar-refractivity contribution in [3.8, 4) is 0 Å². The molecule has 0 atom stereocenters. The number of hydrazone groups is 1. The Kier molecular flexibility index (Phi) is 3.78. The van der Waals surface area contributed by atoms with Crippen LogP contribution in [0.5, 0.6) is 0 Å². The average Bonchev–Trinajstić information content (AvgIpc) is 2.71. The third kappa shape index (κ3) is 2.96. The summed E-state index contributed by atoms with van der Waals surface area (Å²) in [6, 6.07) is 2.89. The molecule has 0 spiro atoms. The Labute approximate surface area is 112 Å². The van der Waals surface area contributed by atoms with Gasteiger partial charge in [-0.25, -0.2) is 9.37 Å². The van der Waals surface area contributed by atoms with Crippen molar-refractivity contribution in [1.82, 2.24) is 4.98 Å². The van der Waals surface area contributed by atoms with Crippen molar-refractivity contribution in [3.05, 3.63) is 39.5 Å². The summed E-state index contributed by atoms with van der Waals surface area (Å²) in [4.78, 5) is 3.97. The number of nitrogens with one attached hydrogen (secondary N) is 1. The zero-order valence-corrected chi connectivity index (χ0v) is 11.0. The fraction of sp³-hybridized carbons (Fsp3) is 0.0909. The third-order valence-electron chi connectivity index (χ3n) is 2.16. The van der Waals surface area contributed by atoms with Crippen LogP contribution in [-0.2, 0) is 0 Å². The average molecular weight is 285 g/mol. The zero-order valence-electron chi connectivity index (χ0n) is 9.45. The molecule has 7 heteroatoms. The molecule has 0 saturated carbocycles. The van der Waals surface area contributed by atoms with Crippen LogP contribution in [0.15, 0.2) is 22.6 Å². The van der Waals surface area contributed by atoms with E-state index in [1.807, 2.05) is 0 Å². The van der Waals surface area contributed by atoms with E-state index in [1.54, 1.807) is 18.4 Å². The molecule has 0 bridgehead atoms. The molecule has 0 amide bonds. The van der Waals surface area contributed by atoms with Gasteiger partial charge in [-0.05, 0) is 24.6 Å². The molecule has 2 rings (SSSR count). The van der Waals surface area contributed by atoms with Gasteiger partial charge in [0, 0.05) is 10.9 Å². The third-order valence-corrected chi connectivity index (χ3v) is 3.26. The minimum Gasteiger partial charge on any atom is -0.383 e. The number of thiazole rings is 1. The van der Waals surface area contributed by atoms with Gasteiger partial charge >= 0.3 is 0 Å². The van der Waals surface area contributed by atoms with Crippen molar-refractivity contribution in [1.29, 1.82) is 0 Å². The fourth-order valence-corrected chi connectivity index (χ4v) is 2.02. The maximum absolute atomic E-state index is 13.2. The largest absolute Gasteiger partial charge is 0.383 e. The number of hydrogen-bond acceptors (Lipinski definition) is 5. The zero-order chi connectivity index (χ0) is 13.1. The minimum atomic E-state index is -0.335. The molecule has 0 saturated heterocycles. The Balaban J connectivity index is 2.11. The number of aromatic nitrogens is 1. The smallest absolute Gasteiger partial charge is 0.205 e. The lowest BCUT2D eigenvalue weighted by molar-refractivity contribution is 0.618. The van der Waals surface area contributed by atoms with Crippen LogP contribution in [0.1, 0.15) is 11.1 Å². The van der Waals surface area contributed by atoms with Crippen molar-refractivity contribution in [2.45, 2.75) is 6.92 Å². The maximum Gasteiger partial charge on any atom is 0.205 e. The molecule has 94 valence electrons. The second-order valence-corrected chi connectivity index (χ2v) is 4.84. The van der Waals surface area contributed by atoms with Gasteiger partial charge in [0.05, 0.1) is 11.2 Å². The molecule has 1 heterocycles. The highest BCUT2D eigenvalue weighted by atomic mass is 35.5. The van der Waals surface area contributed by atoms with Crippen LogP contribution in [0.4, 0.5) is 15.3 Å². The summed E-state index contributed by atoms with van der Waals surface area (Å²) in [5.74, 6) is 0.103. The molecular weight excluding hydrogens is 275 g/mol. The van der Waals surface area contributed by atoms with Crippen molar-refractivity contribution in [3.63, 3.8) is 0 Å². The Morgan fingerprint density at radius 2 is 2.33 bits per heavy atom. The fourth-order valence-electron chi connectivity index (χ4n) is 1.27. The highest BCUT2D eigenvalue weighted by molar-refractivity contribution is 7.14. The molecule has 0 aliphatic rings. The summed E-state index contributed by atoms with van der Waals surface area (Å²) in [5.41, 5.74) is 9.33. The summed E-state index contributed by atoms with van der Waals surface area (Å²) in [6.45, 7) is 1.66. The van der Waals surface area contributed by atoms with Crippen molar-refractivity contribution >= 4 is 40.1 Å². The lowest BCUT2D eigenvalue weighted by Crippen LogP contribution is -1.93. The first-order valence-electron chi connectivity index (χ1n) is 5.02. The molecule has 0 aliphatic carbocycles. The number of aryl methyl sites for hydroxylation is 1. The van der Waals surface area contributed by atoms with E-state index in [9.17, 15) is 4.39 Å². The second-order valence-electron chi connectivity index (χ2n) is 3.57. The van der Waals surface area contributed by atoms with Gasteiger partial charge in [0.25, 0.3) is 0 Å². The van der Waals surface area contributed by atoms with Gasteiger partial charge in [0.2, 0.25) is 5.13 Å². The monoisotopic (exact) mass is 284 g/mol. The molecule has 0 fully saturated rings. The van der Waals surface area contributed by atoms with Crippen LogP contribution >= 0.6 is 22.9 Å². The predicted molar refractivity (Wildman–Crippen MR) is 73.9 cm³/mol. The van der Waals surface area contributed by atoms with Gasteiger partial charge in [-0.15, -0.1) is 11.3 Å². The molecule has 1 aromatic carbocycles. The summed E-state index contributed by atoms with van der Waals surface area (Å²) in [7, 11) is 0. The van der Waals surface area contributed by atoms with Gasteiger partial charge in [0.15, 0.2) is 0 Å². The first kappa shape index (κ1) is 12.8. The molecule has 1 aromatic heterocycles. The summed E-state index contributed by atoms with van der Waals surface area (Å²) in [5, 5.41) is 6.56. The topological polar surface area (TPSA) is 63.3 Å². The molecule has 2 aromatic rings. The van der Waals surface area contributed by atoms with Crippen LogP contribution in [0.2, 0.25) is 5.02 Å². The predicted octanol–water partition coefficient (Wildman–Crippen LogP) is 3.27. The van der Waals surface area contributed by atoms with Crippen LogP contribution < -0.4 is 11.2 Å². The van der Waals surface area contributed by atoms with Crippen molar-refractivity contribution in [2.75, 3.05) is 11.2 Å². The standard InChI is InChI=1S/C11H10ClFN4S/c1-6-2-7(8(12)3-9(6)13)4-15-17-11-16-10(14)5-18-11/h2-5H,14H2,1H3,(H,16,17). The molecule has 18 heavy (non-hydrogen) atoms. The number of nitrogens with two attached hydrogens (primary N) is 1. The first-order chi connectivity index (χ1) is 8.56. The number of benzene rings is 1. The molecule has 0 radical (unpaired) electrons. The van der Waals surface area contributed by atoms with Gasteiger partial charge < -0.3 is 5.73 Å². The Bertz CT molecular complexity index is 597. The molecule has 0 unspecified atom stereocenters. The maximum atomic E-state index is 13.2. The van der Waals surface area contributed by atoms with Crippen LogP contribution in [0, 0.1) is 12.7 Å². The summed E-state index contributed by atoms with van der Waals surface area (Å²) >= 11 is 7.24. The Morgan fingerprint density at radius 1 is 1.56 bits per heavy atom. The van der Waals surface area contributed by atoms with E-state index in [-0.39, 0.29) is 5.82 Å². The lowest BCUT2D eigenvalue weighted by Gasteiger charge is -2.01. The molecular formula is C11H10ClFN4S. The molecule has 0 aliphatic heterocycles. The number of anilines is 2. The van der Waals surface area contributed by atoms with E-state index in [0.717, 1.165) is 0 Å². The second kappa shape index (κ2) is 5.32. The Hall–Kier alpha value is -1.66. The minimum absolute atomic E-state index is 0.308. The van der Waals surface area contributed by atoms with E-state index < -0.39 is 0 Å². The van der Waals surface area contributed by atoms with Gasteiger partial charge in [-0.1, -0.05) is 11.6 Å². The number of hydrogen-bond donors (Lipinski definition) is 2. The Morgan fingerprint density at radius 3 is 3.00 bits per heavy atom. The van der Waals surface area contributed by atoms with E-state index in [0.29, 0.717) is 27.1 Å². The number of halogens is 2. The number of nitrogens with zero attached hydrogens (tertiary/aromatic N) is 2. The highest BCUT2D eigenvalue weighted by Gasteiger charge is 2.03. The number of rotatable bonds is 3. The van der Waals surface area contributed by atoms with Crippen LogP contribution in [0.25, 0.3) is 0 Å². The van der Waals surface area contributed by atoms with E-state index in [4.69, 9.17) is 17.3 Å². The lowest BCUT2D eigenvalue weighted by atomic mass is 10.1. The van der Waals surface area contributed by atoms with Gasteiger partial charge in [-0.3, -0.25) is 5.43 Å². The van der Waals surface area contributed by atoms with E-state index in [1.165, 1.54) is 23.6 Å². The van der Waals surface area contributed by atoms with Gasteiger partial charge in [-0.2, -0.15) is 5.10 Å². The van der Waals surface area contributed by atoms with Crippen LogP contribution in [-0.4, -0.2) is 11.2 Å². The first-order valence-corrected chi connectivity index (χ1v) is 6.28. The quantitative estimate of drug-likeness (QED) is 0.671. The van der Waals surface area contributed by atoms with Crippen molar-refractivity contribution in [2.24, 2.45) is 5.10 Å². The van der Waals surface area contributed by atoms with Crippen LogP contribution in [0.3, 0.4) is 0 Å². The highest BCUT2D eigenvalue weighted by Crippen LogP contribution is 2.19. The van der Waals surface area contributed by atoms with Gasteiger partial charge in [0.1, 0.15) is 11.6 Å². The SMILES string of the molecule is Cc1cc(C=NNc2nc(N)cs2)c(Cl)cc1F. The molecule has 4 nitrogen and oxygen atoms in total. The van der Waals surface area contributed by atoms with E-state index in [2.05, 4.69) is 15.5 Å². The summed E-state index contributed by atoms with van der Waals surface area (Å²) in [6.07, 6.45) is 1.51. The normalized spacial score (nSPS) is 11.1. The van der Waals surface area contributed by atoms with Crippen molar-refractivity contribution < 1.29 is 4.39 Å². The van der Waals surface area contributed by atoms with E-state index >= 15 is 0 Å². The summed E-state index contributed by atoms with van der Waals surface area (Å²) < 4.78 is 13.2. The number of nitrogen functional groups attached to an aromatic ring is 1. The molecule has 3 N–H and O–H groups in total.